The molecule has 0 unspecified atom stereocenters. The molecule has 0 bridgehead atoms. The number of aryl methyl sites for hydroxylation is 1. The molecule has 0 fully saturated rings. The van der Waals surface area contributed by atoms with E-state index in [9.17, 15) is 9.59 Å². The van der Waals surface area contributed by atoms with Gasteiger partial charge in [-0.15, -0.1) is 0 Å². The number of hydrogen-bond acceptors (Lipinski definition) is 5. The summed E-state index contributed by atoms with van der Waals surface area (Å²) in [6.45, 7) is 0. The van der Waals surface area contributed by atoms with E-state index < -0.39 is 0 Å². The highest BCUT2D eigenvalue weighted by molar-refractivity contribution is 6.16. The van der Waals surface area contributed by atoms with Gasteiger partial charge in [0.2, 0.25) is 0 Å². The number of carbonyl (C=O) groups excluding carboxylic acids is 1. The van der Waals surface area contributed by atoms with Gasteiger partial charge in [-0.25, -0.2) is 0 Å². The fourth-order valence-electron chi connectivity index (χ4n) is 3.74. The molecule has 1 aliphatic rings. The Labute approximate surface area is 167 Å². The molecule has 6 nitrogen and oxygen atoms in total. The molecule has 4 rings (SSSR count). The first kappa shape index (κ1) is 18.8. The fourth-order valence-corrected chi connectivity index (χ4v) is 3.74. The number of aromatic nitrogens is 1. The Morgan fingerprint density at radius 2 is 1.66 bits per heavy atom. The molecule has 2 aromatic carbocycles. The minimum absolute atomic E-state index is 0.0992. The molecule has 0 atom stereocenters. The Morgan fingerprint density at radius 1 is 0.931 bits per heavy atom. The second-order valence-corrected chi connectivity index (χ2v) is 6.93. The van der Waals surface area contributed by atoms with Gasteiger partial charge in [-0.05, 0) is 47.4 Å². The van der Waals surface area contributed by atoms with Crippen LogP contribution in [0.4, 0.5) is 0 Å². The predicted molar refractivity (Wildman–Crippen MR) is 111 cm³/mol. The van der Waals surface area contributed by atoms with Crippen molar-refractivity contribution in [2.24, 2.45) is 7.05 Å². The molecule has 29 heavy (non-hydrogen) atoms. The molecular weight excluding hydrogens is 370 g/mol. The fraction of sp³-hybridized carbons (Fsp3) is 0.217. The zero-order chi connectivity index (χ0) is 20.7. The van der Waals surface area contributed by atoms with Crippen molar-refractivity contribution in [1.82, 2.24) is 4.57 Å². The smallest absolute Gasteiger partial charge is 0.258 e. The number of methoxy groups -OCH3 is 3. The molecule has 0 N–H and O–H groups in total. The number of Topliss-reactive ketones (excluding diaryl/α,β-unsaturated/α-hetero) is 1. The third-order valence-electron chi connectivity index (χ3n) is 5.32. The second-order valence-electron chi connectivity index (χ2n) is 6.93. The number of pyridine rings is 1. The molecule has 0 aliphatic heterocycles. The molecule has 3 aromatic rings. The Kier molecular flexibility index (Phi) is 4.62. The van der Waals surface area contributed by atoms with Gasteiger partial charge in [-0.1, -0.05) is 0 Å². The van der Waals surface area contributed by atoms with Gasteiger partial charge in [0.25, 0.3) is 5.56 Å². The number of allylic oxidation sites excluding steroid dienone is 1. The summed E-state index contributed by atoms with van der Waals surface area (Å²) in [6.07, 6.45) is 2.13. The van der Waals surface area contributed by atoms with E-state index in [1.165, 1.54) is 7.11 Å². The molecule has 1 aromatic heterocycles. The number of hydrogen-bond donors (Lipinski definition) is 0. The van der Waals surface area contributed by atoms with Crippen LogP contribution in [0, 0.1) is 0 Å². The summed E-state index contributed by atoms with van der Waals surface area (Å²) in [5.41, 5.74) is 3.09. The highest BCUT2D eigenvalue weighted by Crippen LogP contribution is 2.37. The zero-order valence-electron chi connectivity index (χ0n) is 16.7. The Balaban J connectivity index is 1.80. The highest BCUT2D eigenvalue weighted by Gasteiger charge is 2.27. The second kappa shape index (κ2) is 7.13. The van der Waals surface area contributed by atoms with E-state index in [0.717, 1.165) is 16.5 Å². The molecule has 0 amide bonds. The van der Waals surface area contributed by atoms with Crippen LogP contribution in [0.5, 0.6) is 17.2 Å². The van der Waals surface area contributed by atoms with Crippen LogP contribution in [0.25, 0.3) is 17.0 Å². The summed E-state index contributed by atoms with van der Waals surface area (Å²) in [5.74, 6) is 1.67. The van der Waals surface area contributed by atoms with Crippen molar-refractivity contribution >= 4 is 22.8 Å². The summed E-state index contributed by atoms with van der Waals surface area (Å²) < 4.78 is 17.5. The van der Waals surface area contributed by atoms with E-state index in [1.54, 1.807) is 38.0 Å². The van der Waals surface area contributed by atoms with E-state index in [0.29, 0.717) is 40.4 Å². The van der Waals surface area contributed by atoms with Gasteiger partial charge >= 0.3 is 0 Å². The van der Waals surface area contributed by atoms with E-state index in [1.807, 2.05) is 30.3 Å². The lowest BCUT2D eigenvalue weighted by atomic mass is 10.1. The number of benzene rings is 2. The maximum absolute atomic E-state index is 12.9. The van der Waals surface area contributed by atoms with Crippen molar-refractivity contribution in [1.29, 1.82) is 0 Å². The first-order valence-corrected chi connectivity index (χ1v) is 9.14. The molecule has 1 aliphatic carbocycles. The van der Waals surface area contributed by atoms with Gasteiger partial charge < -0.3 is 18.8 Å². The number of carbonyl (C=O) groups is 1. The molecule has 1 heterocycles. The molecule has 0 spiro atoms. The van der Waals surface area contributed by atoms with E-state index in [4.69, 9.17) is 14.2 Å². The summed E-state index contributed by atoms with van der Waals surface area (Å²) >= 11 is 0. The average Bonchev–Trinajstić information content (AvgIpc) is 3.04. The lowest BCUT2D eigenvalue weighted by Crippen LogP contribution is -2.19. The SMILES string of the molecule is COc1ccc2cc(/C=C3\Cc4cc(OC)c(OC)cc4C3=O)c(=O)n(C)c2c1. The highest BCUT2D eigenvalue weighted by atomic mass is 16.5. The number of rotatable bonds is 4. The standard InChI is InChI=1S/C23H21NO5/c1-24-19-11-17(27-2)6-5-13(19)7-16(23(24)26)9-15-8-14-10-20(28-3)21(29-4)12-18(14)22(15)25/h5-7,9-12H,8H2,1-4H3/b15-9+. The molecule has 0 radical (unpaired) electrons. The topological polar surface area (TPSA) is 66.8 Å². The summed E-state index contributed by atoms with van der Waals surface area (Å²) in [5, 5.41) is 0.894. The average molecular weight is 391 g/mol. The third kappa shape index (κ3) is 3.06. The maximum atomic E-state index is 12.9. The number of nitrogens with zero attached hydrogens (tertiary/aromatic N) is 1. The van der Waals surface area contributed by atoms with Crippen molar-refractivity contribution in [3.8, 4) is 17.2 Å². The first-order valence-electron chi connectivity index (χ1n) is 9.14. The first-order chi connectivity index (χ1) is 14.0. The van der Waals surface area contributed by atoms with Crippen LogP contribution in [0.2, 0.25) is 0 Å². The van der Waals surface area contributed by atoms with Crippen molar-refractivity contribution in [3.05, 3.63) is 69.0 Å². The normalized spacial score (nSPS) is 14.3. The van der Waals surface area contributed by atoms with Crippen LogP contribution in [0.3, 0.4) is 0 Å². The van der Waals surface area contributed by atoms with Gasteiger partial charge in [0.1, 0.15) is 5.75 Å². The maximum Gasteiger partial charge on any atom is 0.258 e. The van der Waals surface area contributed by atoms with Crippen LogP contribution in [-0.4, -0.2) is 31.7 Å². The molecule has 6 heteroatoms. The summed E-state index contributed by atoms with van der Waals surface area (Å²) in [6, 6.07) is 10.9. The number of ether oxygens (including phenoxy) is 3. The minimum atomic E-state index is -0.169. The van der Waals surface area contributed by atoms with E-state index in [-0.39, 0.29) is 11.3 Å². The van der Waals surface area contributed by atoms with Crippen molar-refractivity contribution in [2.45, 2.75) is 6.42 Å². The van der Waals surface area contributed by atoms with Crippen LogP contribution in [-0.2, 0) is 13.5 Å². The van der Waals surface area contributed by atoms with Crippen molar-refractivity contribution in [3.63, 3.8) is 0 Å². The zero-order valence-corrected chi connectivity index (χ0v) is 16.7. The summed E-state index contributed by atoms with van der Waals surface area (Å²) in [4.78, 5) is 25.8. The Morgan fingerprint density at radius 3 is 2.34 bits per heavy atom. The van der Waals surface area contributed by atoms with Gasteiger partial charge in [0.05, 0.1) is 26.8 Å². The van der Waals surface area contributed by atoms with Gasteiger partial charge in [-0.3, -0.25) is 9.59 Å². The minimum Gasteiger partial charge on any atom is -0.497 e. The lowest BCUT2D eigenvalue weighted by Gasteiger charge is -2.09. The largest absolute Gasteiger partial charge is 0.497 e. The molecule has 0 saturated carbocycles. The number of ketones is 1. The third-order valence-corrected chi connectivity index (χ3v) is 5.32. The molecule has 148 valence electrons. The van der Waals surface area contributed by atoms with Crippen LogP contribution in [0.15, 0.2) is 46.8 Å². The predicted octanol–water partition coefficient (Wildman–Crippen LogP) is 3.39. The van der Waals surface area contributed by atoms with Crippen LogP contribution in [0.1, 0.15) is 21.5 Å². The van der Waals surface area contributed by atoms with Gasteiger partial charge in [0, 0.05) is 36.2 Å². The Bertz CT molecular complexity index is 1240. The van der Waals surface area contributed by atoms with Crippen LogP contribution < -0.4 is 19.8 Å². The monoisotopic (exact) mass is 391 g/mol. The summed E-state index contributed by atoms with van der Waals surface area (Å²) in [7, 11) is 6.40. The van der Waals surface area contributed by atoms with Gasteiger partial charge in [-0.2, -0.15) is 0 Å². The quantitative estimate of drug-likeness (QED) is 0.638. The van der Waals surface area contributed by atoms with Crippen molar-refractivity contribution < 1.29 is 19.0 Å². The Hall–Kier alpha value is -3.54. The molecule has 0 saturated heterocycles. The lowest BCUT2D eigenvalue weighted by molar-refractivity contribution is 0.104. The number of fused-ring (bicyclic) bond motifs is 2. The van der Waals surface area contributed by atoms with Crippen LogP contribution >= 0.6 is 0 Å². The molecular formula is C23H21NO5. The van der Waals surface area contributed by atoms with Crippen molar-refractivity contribution in [2.75, 3.05) is 21.3 Å². The van der Waals surface area contributed by atoms with E-state index in [2.05, 4.69) is 0 Å². The van der Waals surface area contributed by atoms with E-state index >= 15 is 0 Å². The van der Waals surface area contributed by atoms with Gasteiger partial charge in [0.15, 0.2) is 17.3 Å².